The normalized spacial score (nSPS) is 12.6. The number of carbonyl (C=O) groups is 1. The van der Waals surface area contributed by atoms with Crippen LogP contribution in [0.25, 0.3) is 0 Å². The third-order valence-electron chi connectivity index (χ3n) is 1.70. The first-order chi connectivity index (χ1) is 6.68. The van der Waals surface area contributed by atoms with Crippen LogP contribution in [0.15, 0.2) is 16.8 Å². The lowest BCUT2D eigenvalue weighted by molar-refractivity contribution is -0.139. The van der Waals surface area contributed by atoms with E-state index in [0.717, 1.165) is 5.56 Å². The molecule has 0 amide bonds. The van der Waals surface area contributed by atoms with E-state index in [4.69, 9.17) is 5.11 Å². The van der Waals surface area contributed by atoms with Gasteiger partial charge in [0.25, 0.3) is 0 Å². The van der Waals surface area contributed by atoms with E-state index in [9.17, 15) is 9.90 Å². The lowest BCUT2D eigenvalue weighted by Crippen LogP contribution is -2.28. The maximum atomic E-state index is 10.2. The van der Waals surface area contributed by atoms with Gasteiger partial charge in [0.15, 0.2) is 0 Å². The second-order valence-electron chi connectivity index (χ2n) is 3.01. The predicted molar refractivity (Wildman–Crippen MR) is 54.3 cm³/mol. The third-order valence-corrected chi connectivity index (χ3v) is 2.43. The molecule has 0 aliphatic carbocycles. The number of hydrogen-bond acceptors (Lipinski definition) is 4. The van der Waals surface area contributed by atoms with Crippen LogP contribution >= 0.6 is 11.3 Å². The average molecular weight is 215 g/mol. The van der Waals surface area contributed by atoms with Crippen molar-refractivity contribution < 1.29 is 15.0 Å². The number of carboxylic acid groups (broad SMARTS) is 1. The van der Waals surface area contributed by atoms with Crippen LogP contribution in [-0.4, -0.2) is 28.8 Å². The molecule has 14 heavy (non-hydrogen) atoms. The number of aliphatic hydroxyl groups is 1. The molecule has 1 atom stereocenters. The van der Waals surface area contributed by atoms with E-state index in [1.165, 1.54) is 0 Å². The van der Waals surface area contributed by atoms with Gasteiger partial charge in [-0.25, -0.2) is 0 Å². The van der Waals surface area contributed by atoms with E-state index in [-0.39, 0.29) is 6.42 Å². The standard InChI is InChI=1S/C9H13NO3S/c11-8(3-9(12)13)5-10-4-7-1-2-14-6-7/h1-2,6,8,10-11H,3-5H2,(H,12,13). The number of hydrogen-bond donors (Lipinski definition) is 3. The SMILES string of the molecule is O=C(O)CC(O)CNCc1ccsc1. The fraction of sp³-hybridized carbons (Fsp3) is 0.444. The number of rotatable bonds is 6. The Bertz CT molecular complexity index is 274. The van der Waals surface area contributed by atoms with E-state index >= 15 is 0 Å². The number of thiophene rings is 1. The Balaban J connectivity index is 2.12. The first-order valence-corrected chi connectivity index (χ1v) is 5.24. The highest BCUT2D eigenvalue weighted by molar-refractivity contribution is 7.07. The third kappa shape index (κ3) is 4.36. The van der Waals surface area contributed by atoms with Gasteiger partial charge in [-0.2, -0.15) is 11.3 Å². The minimum atomic E-state index is -0.977. The molecule has 0 saturated carbocycles. The van der Waals surface area contributed by atoms with Gasteiger partial charge in [0.1, 0.15) is 0 Å². The fourth-order valence-electron chi connectivity index (χ4n) is 1.05. The molecule has 0 aliphatic rings. The highest BCUT2D eigenvalue weighted by atomic mass is 32.1. The molecular weight excluding hydrogens is 202 g/mol. The predicted octanol–water partition coefficient (Wildman–Crippen LogP) is 0.673. The van der Waals surface area contributed by atoms with Crippen LogP contribution < -0.4 is 5.32 Å². The van der Waals surface area contributed by atoms with Crippen molar-refractivity contribution in [3.05, 3.63) is 22.4 Å². The van der Waals surface area contributed by atoms with Crippen LogP contribution in [0.1, 0.15) is 12.0 Å². The number of aliphatic hydroxyl groups excluding tert-OH is 1. The van der Waals surface area contributed by atoms with Crippen LogP contribution in [0.4, 0.5) is 0 Å². The molecule has 1 rings (SSSR count). The fourth-order valence-corrected chi connectivity index (χ4v) is 1.72. The maximum absolute atomic E-state index is 10.2. The lowest BCUT2D eigenvalue weighted by Gasteiger charge is -2.08. The van der Waals surface area contributed by atoms with Crippen molar-refractivity contribution in [2.75, 3.05) is 6.54 Å². The highest BCUT2D eigenvalue weighted by Gasteiger charge is 2.08. The van der Waals surface area contributed by atoms with Crippen LogP contribution in [0.5, 0.6) is 0 Å². The zero-order chi connectivity index (χ0) is 10.4. The molecule has 3 N–H and O–H groups in total. The smallest absolute Gasteiger partial charge is 0.306 e. The quantitative estimate of drug-likeness (QED) is 0.652. The first kappa shape index (κ1) is 11.2. The summed E-state index contributed by atoms with van der Waals surface area (Å²) in [6.45, 7) is 0.975. The molecule has 4 nitrogen and oxygen atoms in total. The van der Waals surface area contributed by atoms with Gasteiger partial charge in [0.2, 0.25) is 0 Å². The summed E-state index contributed by atoms with van der Waals surface area (Å²) >= 11 is 1.61. The summed E-state index contributed by atoms with van der Waals surface area (Å²) in [6.07, 6.45) is -1.03. The van der Waals surface area contributed by atoms with E-state index in [1.807, 2.05) is 16.8 Å². The molecule has 1 unspecified atom stereocenters. The summed E-state index contributed by atoms with van der Waals surface area (Å²) in [5, 5.41) is 24.6. The Morgan fingerprint density at radius 2 is 2.43 bits per heavy atom. The second-order valence-corrected chi connectivity index (χ2v) is 3.79. The Hall–Kier alpha value is -0.910. The average Bonchev–Trinajstić information content (AvgIpc) is 2.55. The Labute approximate surface area is 86.2 Å². The Kier molecular flexibility index (Phi) is 4.58. The van der Waals surface area contributed by atoms with Crippen molar-refractivity contribution in [1.82, 2.24) is 5.32 Å². The molecular formula is C9H13NO3S. The second kappa shape index (κ2) is 5.74. The van der Waals surface area contributed by atoms with Gasteiger partial charge in [-0.15, -0.1) is 0 Å². The van der Waals surface area contributed by atoms with Crippen molar-refractivity contribution in [1.29, 1.82) is 0 Å². The van der Waals surface area contributed by atoms with E-state index in [2.05, 4.69) is 5.32 Å². The molecule has 0 spiro atoms. The van der Waals surface area contributed by atoms with E-state index < -0.39 is 12.1 Å². The molecule has 78 valence electrons. The van der Waals surface area contributed by atoms with Crippen molar-refractivity contribution in [3.8, 4) is 0 Å². The lowest BCUT2D eigenvalue weighted by atomic mass is 10.2. The molecule has 0 bridgehead atoms. The largest absolute Gasteiger partial charge is 0.481 e. The van der Waals surface area contributed by atoms with Gasteiger partial charge < -0.3 is 15.5 Å². The van der Waals surface area contributed by atoms with Gasteiger partial charge in [0.05, 0.1) is 12.5 Å². The molecule has 0 aliphatic heterocycles. The molecule has 5 heteroatoms. The molecule has 0 saturated heterocycles. The van der Waals surface area contributed by atoms with E-state index in [1.54, 1.807) is 11.3 Å². The number of aliphatic carboxylic acids is 1. The van der Waals surface area contributed by atoms with Crippen molar-refractivity contribution in [3.63, 3.8) is 0 Å². The van der Waals surface area contributed by atoms with Crippen LogP contribution in [-0.2, 0) is 11.3 Å². The van der Waals surface area contributed by atoms with Crippen LogP contribution in [0.2, 0.25) is 0 Å². The zero-order valence-corrected chi connectivity index (χ0v) is 8.46. The molecule has 1 aromatic heterocycles. The Morgan fingerprint density at radius 3 is 3.00 bits per heavy atom. The van der Waals surface area contributed by atoms with Gasteiger partial charge in [0, 0.05) is 13.1 Å². The zero-order valence-electron chi connectivity index (χ0n) is 7.64. The summed E-state index contributed by atoms with van der Waals surface area (Å²) in [7, 11) is 0. The van der Waals surface area contributed by atoms with Gasteiger partial charge >= 0.3 is 5.97 Å². The summed E-state index contributed by atoms with van der Waals surface area (Å²) in [4.78, 5) is 10.2. The molecule has 0 radical (unpaired) electrons. The van der Waals surface area contributed by atoms with Crippen LogP contribution in [0, 0.1) is 0 Å². The Morgan fingerprint density at radius 1 is 1.64 bits per heavy atom. The first-order valence-electron chi connectivity index (χ1n) is 4.30. The highest BCUT2D eigenvalue weighted by Crippen LogP contribution is 2.04. The van der Waals surface area contributed by atoms with Gasteiger partial charge in [-0.1, -0.05) is 0 Å². The number of nitrogens with one attached hydrogen (secondary N) is 1. The summed E-state index contributed by atoms with van der Waals surface area (Å²) in [5.41, 5.74) is 1.15. The van der Waals surface area contributed by atoms with E-state index in [0.29, 0.717) is 13.1 Å². The van der Waals surface area contributed by atoms with Crippen molar-refractivity contribution in [2.24, 2.45) is 0 Å². The van der Waals surface area contributed by atoms with Crippen molar-refractivity contribution in [2.45, 2.75) is 19.1 Å². The van der Waals surface area contributed by atoms with Crippen molar-refractivity contribution >= 4 is 17.3 Å². The summed E-state index contributed by atoms with van der Waals surface area (Å²) < 4.78 is 0. The monoisotopic (exact) mass is 215 g/mol. The molecule has 0 aromatic carbocycles. The summed E-state index contributed by atoms with van der Waals surface area (Å²) in [6, 6.07) is 1.99. The number of carboxylic acids is 1. The molecule has 1 heterocycles. The topological polar surface area (TPSA) is 69.6 Å². The van der Waals surface area contributed by atoms with Crippen LogP contribution in [0.3, 0.4) is 0 Å². The molecule has 1 aromatic rings. The van der Waals surface area contributed by atoms with Gasteiger partial charge in [-0.05, 0) is 22.4 Å². The minimum absolute atomic E-state index is 0.212. The minimum Gasteiger partial charge on any atom is -0.481 e. The molecule has 0 fully saturated rings. The summed E-state index contributed by atoms with van der Waals surface area (Å²) in [5.74, 6) is -0.977. The maximum Gasteiger partial charge on any atom is 0.306 e. The van der Waals surface area contributed by atoms with Gasteiger partial charge in [-0.3, -0.25) is 4.79 Å².